The highest BCUT2D eigenvalue weighted by atomic mass is 32.2. The van der Waals surface area contributed by atoms with Gasteiger partial charge in [0.15, 0.2) is 17.3 Å². The Morgan fingerprint density at radius 2 is 1.74 bits per heavy atom. The third-order valence-electron chi connectivity index (χ3n) is 6.84. The normalized spacial score (nSPS) is 14.6. The SMILES string of the molecule is Cc1cc(NC(=O)CSCC(=O)N(c2ccc(S(N)(=O)=O)cc2)C(C(=O)NC2CCCCC2)c2ccc(O)c(O)c2)no1. The minimum Gasteiger partial charge on any atom is -0.504 e. The van der Waals surface area contributed by atoms with Gasteiger partial charge in [-0.2, -0.15) is 0 Å². The van der Waals surface area contributed by atoms with Crippen molar-refractivity contribution in [1.82, 2.24) is 10.5 Å². The number of rotatable bonds is 11. The summed E-state index contributed by atoms with van der Waals surface area (Å²) >= 11 is 0.993. The Labute approximate surface area is 252 Å². The van der Waals surface area contributed by atoms with Gasteiger partial charge in [-0.15, -0.1) is 11.8 Å². The van der Waals surface area contributed by atoms with E-state index in [0.717, 1.165) is 43.9 Å². The number of aryl methyl sites for hydroxylation is 1. The number of aromatic hydroxyl groups is 2. The van der Waals surface area contributed by atoms with E-state index in [9.17, 15) is 33.0 Å². The molecule has 1 heterocycles. The van der Waals surface area contributed by atoms with Gasteiger partial charge in [0.1, 0.15) is 11.8 Å². The fourth-order valence-electron chi connectivity index (χ4n) is 4.79. The van der Waals surface area contributed by atoms with E-state index in [1.165, 1.54) is 47.4 Å². The first-order chi connectivity index (χ1) is 20.4. The van der Waals surface area contributed by atoms with E-state index in [-0.39, 0.29) is 39.5 Å². The molecule has 1 aliphatic carbocycles. The molecule has 6 N–H and O–H groups in total. The van der Waals surface area contributed by atoms with Crippen LogP contribution in [-0.4, -0.2) is 59.1 Å². The Bertz CT molecular complexity index is 1570. The second-order valence-corrected chi connectivity index (χ2v) is 12.7. The maximum Gasteiger partial charge on any atom is 0.248 e. The van der Waals surface area contributed by atoms with Gasteiger partial charge >= 0.3 is 0 Å². The highest BCUT2D eigenvalue weighted by Gasteiger charge is 2.34. The van der Waals surface area contributed by atoms with Crippen molar-refractivity contribution < 1.29 is 37.5 Å². The van der Waals surface area contributed by atoms with E-state index in [1.807, 2.05) is 0 Å². The van der Waals surface area contributed by atoms with E-state index >= 15 is 0 Å². The van der Waals surface area contributed by atoms with Gasteiger partial charge in [-0.05, 0) is 61.7 Å². The Kier molecular flexibility index (Phi) is 10.3. The number of carbonyl (C=O) groups is 3. The molecule has 0 spiro atoms. The fourth-order valence-corrected chi connectivity index (χ4v) is 5.98. The lowest BCUT2D eigenvalue weighted by Crippen LogP contribution is -2.48. The standard InChI is InChI=1S/C28H33N5O8S2/c1-17-13-24(32-41-17)31-25(36)15-42-16-26(37)33(20-8-10-21(11-9-20)43(29,39)40)27(18-7-12-22(34)23(35)14-18)28(38)30-19-5-3-2-4-6-19/h7-14,19,27,34-35H,2-6,15-16H2,1H3,(H,30,38)(H2,29,39,40)(H,31,32,36). The quantitative estimate of drug-likeness (QED) is 0.196. The lowest BCUT2D eigenvalue weighted by molar-refractivity contribution is -0.126. The molecule has 1 saturated carbocycles. The number of phenolic OH excluding ortho intramolecular Hbond substituents is 2. The minimum atomic E-state index is -4.04. The largest absolute Gasteiger partial charge is 0.504 e. The number of nitrogens with zero attached hydrogens (tertiary/aromatic N) is 2. The summed E-state index contributed by atoms with van der Waals surface area (Å²) in [7, 11) is -4.04. The van der Waals surface area contributed by atoms with Gasteiger partial charge in [0.05, 0.1) is 16.4 Å². The van der Waals surface area contributed by atoms with Crippen molar-refractivity contribution in [2.75, 3.05) is 21.7 Å². The van der Waals surface area contributed by atoms with E-state index in [4.69, 9.17) is 9.66 Å². The predicted molar refractivity (Wildman–Crippen MR) is 160 cm³/mol. The van der Waals surface area contributed by atoms with Crippen LogP contribution in [0.15, 0.2) is 57.9 Å². The molecule has 1 aliphatic rings. The Morgan fingerprint density at radius 3 is 2.35 bits per heavy atom. The summed E-state index contributed by atoms with van der Waals surface area (Å²) in [6, 6.07) is 9.08. The minimum absolute atomic E-state index is 0.116. The van der Waals surface area contributed by atoms with Crippen molar-refractivity contribution in [2.45, 2.75) is 56.0 Å². The Morgan fingerprint density at radius 1 is 1.05 bits per heavy atom. The van der Waals surface area contributed by atoms with E-state index in [0.29, 0.717) is 5.76 Å². The van der Waals surface area contributed by atoms with Crippen LogP contribution in [0.4, 0.5) is 11.5 Å². The summed E-state index contributed by atoms with van der Waals surface area (Å²) in [6.45, 7) is 1.68. The fraction of sp³-hybridized carbons (Fsp3) is 0.357. The van der Waals surface area contributed by atoms with Crippen molar-refractivity contribution in [3.63, 3.8) is 0 Å². The second-order valence-electron chi connectivity index (χ2n) is 10.2. The number of hydrogen-bond donors (Lipinski definition) is 5. The van der Waals surface area contributed by atoms with Crippen molar-refractivity contribution in [3.05, 3.63) is 59.9 Å². The molecule has 1 atom stereocenters. The van der Waals surface area contributed by atoms with E-state index in [1.54, 1.807) is 13.0 Å². The smallest absolute Gasteiger partial charge is 0.248 e. The number of aromatic nitrogens is 1. The van der Waals surface area contributed by atoms with Crippen molar-refractivity contribution >= 4 is 51.0 Å². The van der Waals surface area contributed by atoms with Gasteiger partial charge in [0.2, 0.25) is 27.7 Å². The molecule has 1 aromatic heterocycles. The number of carbonyl (C=O) groups excluding carboxylic acids is 3. The molecule has 43 heavy (non-hydrogen) atoms. The average molecular weight is 632 g/mol. The molecule has 1 fully saturated rings. The lowest BCUT2D eigenvalue weighted by atomic mass is 9.94. The monoisotopic (exact) mass is 631 g/mol. The first-order valence-electron chi connectivity index (χ1n) is 13.5. The number of sulfonamides is 1. The molecule has 2 aromatic carbocycles. The van der Waals surface area contributed by atoms with Gasteiger partial charge in [-0.3, -0.25) is 19.3 Å². The van der Waals surface area contributed by atoms with Crippen LogP contribution in [0.2, 0.25) is 0 Å². The topological polar surface area (TPSA) is 205 Å². The number of benzene rings is 2. The molecule has 1 unspecified atom stereocenters. The zero-order chi connectivity index (χ0) is 31.1. The first kappa shape index (κ1) is 31.8. The number of nitrogens with two attached hydrogens (primary N) is 1. The number of thioether (sulfide) groups is 1. The van der Waals surface area contributed by atoms with Crippen LogP contribution in [0.5, 0.6) is 11.5 Å². The van der Waals surface area contributed by atoms with Crippen LogP contribution >= 0.6 is 11.8 Å². The van der Waals surface area contributed by atoms with Gasteiger partial charge in [0, 0.05) is 17.8 Å². The molecule has 13 nitrogen and oxygen atoms in total. The summed E-state index contributed by atoms with van der Waals surface area (Å²) in [5, 5.41) is 34.7. The molecular formula is C28H33N5O8S2. The summed E-state index contributed by atoms with van der Waals surface area (Å²) in [5.74, 6) is -2.02. The summed E-state index contributed by atoms with van der Waals surface area (Å²) < 4.78 is 28.7. The van der Waals surface area contributed by atoms with Crippen LogP contribution in [0.1, 0.15) is 49.5 Å². The Hall–Kier alpha value is -4.08. The zero-order valence-corrected chi connectivity index (χ0v) is 25.0. The first-order valence-corrected chi connectivity index (χ1v) is 16.2. The molecule has 230 valence electrons. The maximum atomic E-state index is 13.9. The average Bonchev–Trinajstić information content (AvgIpc) is 3.37. The number of primary sulfonamides is 1. The van der Waals surface area contributed by atoms with Gasteiger partial charge < -0.3 is 25.4 Å². The highest BCUT2D eigenvalue weighted by molar-refractivity contribution is 8.00. The molecular weight excluding hydrogens is 598 g/mol. The van der Waals surface area contributed by atoms with Crippen LogP contribution in [0, 0.1) is 6.92 Å². The molecule has 0 aliphatic heterocycles. The second kappa shape index (κ2) is 13.9. The number of anilines is 2. The lowest BCUT2D eigenvalue weighted by Gasteiger charge is -2.33. The van der Waals surface area contributed by atoms with Crippen LogP contribution in [-0.2, 0) is 24.4 Å². The zero-order valence-electron chi connectivity index (χ0n) is 23.4. The van der Waals surface area contributed by atoms with Gasteiger partial charge in [-0.1, -0.05) is 30.5 Å². The molecule has 15 heteroatoms. The number of amides is 3. The third kappa shape index (κ3) is 8.49. The van der Waals surface area contributed by atoms with Crippen LogP contribution in [0.3, 0.4) is 0 Å². The van der Waals surface area contributed by atoms with Crippen molar-refractivity contribution in [1.29, 1.82) is 0 Å². The van der Waals surface area contributed by atoms with Gasteiger partial charge in [0.25, 0.3) is 0 Å². The summed E-state index contributed by atoms with van der Waals surface area (Å²) in [5.41, 5.74) is 0.383. The maximum absolute atomic E-state index is 13.9. The van der Waals surface area contributed by atoms with E-state index in [2.05, 4.69) is 15.8 Å². The van der Waals surface area contributed by atoms with Crippen molar-refractivity contribution in [3.8, 4) is 11.5 Å². The molecule has 0 bridgehead atoms. The third-order valence-corrected chi connectivity index (χ3v) is 8.69. The van der Waals surface area contributed by atoms with Gasteiger partial charge in [-0.25, -0.2) is 13.6 Å². The van der Waals surface area contributed by atoms with E-state index < -0.39 is 45.3 Å². The molecule has 3 aromatic rings. The number of phenols is 2. The molecule has 0 saturated heterocycles. The predicted octanol–water partition coefficient (Wildman–Crippen LogP) is 2.94. The highest BCUT2D eigenvalue weighted by Crippen LogP contribution is 2.34. The Balaban J connectivity index is 1.65. The molecule has 3 amide bonds. The summed E-state index contributed by atoms with van der Waals surface area (Å²) in [4.78, 5) is 41.1. The molecule has 4 rings (SSSR count). The molecule has 0 radical (unpaired) electrons. The summed E-state index contributed by atoms with van der Waals surface area (Å²) in [6.07, 6.45) is 4.49. The number of nitrogens with one attached hydrogen (secondary N) is 2. The van der Waals surface area contributed by atoms with Crippen LogP contribution < -0.4 is 20.7 Å². The van der Waals surface area contributed by atoms with Crippen LogP contribution in [0.25, 0.3) is 0 Å². The number of hydrogen-bond acceptors (Lipinski definition) is 10. The van der Waals surface area contributed by atoms with Crippen molar-refractivity contribution in [2.24, 2.45) is 5.14 Å².